The van der Waals surface area contributed by atoms with E-state index in [2.05, 4.69) is 12.2 Å². The molecule has 13 heavy (non-hydrogen) atoms. The van der Waals surface area contributed by atoms with Crippen molar-refractivity contribution in [2.75, 3.05) is 0 Å². The summed E-state index contributed by atoms with van der Waals surface area (Å²) in [6.45, 7) is 1.87. The second-order valence-electron chi connectivity index (χ2n) is 4.25. The Balaban J connectivity index is 1.86. The molecule has 0 heterocycles. The van der Waals surface area contributed by atoms with Gasteiger partial charge < -0.3 is 5.11 Å². The van der Waals surface area contributed by atoms with Crippen LogP contribution in [0.25, 0.3) is 0 Å². The highest BCUT2D eigenvalue weighted by molar-refractivity contribution is 4.95. The van der Waals surface area contributed by atoms with Crippen molar-refractivity contribution in [3.63, 3.8) is 0 Å². The highest BCUT2D eigenvalue weighted by Crippen LogP contribution is 2.22. The molecule has 1 aliphatic carbocycles. The Hall–Kier alpha value is -0.300. The van der Waals surface area contributed by atoms with Crippen LogP contribution in [0.15, 0.2) is 12.2 Å². The van der Waals surface area contributed by atoms with Crippen LogP contribution in [0.5, 0.6) is 0 Å². The summed E-state index contributed by atoms with van der Waals surface area (Å²) >= 11 is 0. The third kappa shape index (κ3) is 5.09. The number of aliphatic hydroxyl groups excluding tert-OH is 1. The third-order valence-electron chi connectivity index (χ3n) is 2.81. The van der Waals surface area contributed by atoms with Gasteiger partial charge in [0.2, 0.25) is 0 Å². The van der Waals surface area contributed by atoms with Crippen LogP contribution in [0, 0.1) is 5.92 Å². The molecular weight excluding hydrogens is 160 g/mol. The van der Waals surface area contributed by atoms with E-state index in [1.165, 1.54) is 38.5 Å². The quantitative estimate of drug-likeness (QED) is 0.493. The van der Waals surface area contributed by atoms with Crippen molar-refractivity contribution in [1.29, 1.82) is 0 Å². The summed E-state index contributed by atoms with van der Waals surface area (Å²) in [7, 11) is 0. The molecule has 0 bridgehead atoms. The molecule has 0 saturated heterocycles. The summed E-state index contributed by atoms with van der Waals surface area (Å²) in [5, 5.41) is 9.05. The minimum atomic E-state index is -0.105. The van der Waals surface area contributed by atoms with E-state index in [9.17, 15) is 0 Å². The van der Waals surface area contributed by atoms with E-state index in [0.717, 1.165) is 12.3 Å². The second kappa shape index (κ2) is 6.20. The van der Waals surface area contributed by atoms with Gasteiger partial charge in [-0.05, 0) is 38.5 Å². The van der Waals surface area contributed by atoms with Crippen molar-refractivity contribution >= 4 is 0 Å². The number of allylic oxidation sites excluding steroid dienone is 2. The molecule has 0 radical (unpaired) electrons. The lowest BCUT2D eigenvalue weighted by molar-refractivity contribution is 0.180. The maximum absolute atomic E-state index is 9.05. The van der Waals surface area contributed by atoms with E-state index in [0.29, 0.717) is 0 Å². The van der Waals surface area contributed by atoms with E-state index < -0.39 is 0 Å². The van der Waals surface area contributed by atoms with Gasteiger partial charge in [0, 0.05) is 0 Å². The topological polar surface area (TPSA) is 20.2 Å². The number of hydrogen-bond acceptors (Lipinski definition) is 1. The lowest BCUT2D eigenvalue weighted by Crippen LogP contribution is -1.98. The number of aliphatic hydroxyl groups is 1. The van der Waals surface area contributed by atoms with Crippen LogP contribution >= 0.6 is 0 Å². The molecule has 0 spiro atoms. The molecule has 1 N–H and O–H groups in total. The molecule has 0 amide bonds. The van der Waals surface area contributed by atoms with Gasteiger partial charge in [-0.2, -0.15) is 0 Å². The zero-order chi connectivity index (χ0) is 9.52. The van der Waals surface area contributed by atoms with Crippen molar-refractivity contribution in [2.24, 2.45) is 5.92 Å². The monoisotopic (exact) mass is 182 g/mol. The molecule has 1 aliphatic rings. The van der Waals surface area contributed by atoms with Gasteiger partial charge in [-0.15, -0.1) is 0 Å². The minimum Gasteiger partial charge on any atom is -0.393 e. The molecular formula is C12H22O. The Morgan fingerprint density at radius 2 is 2.23 bits per heavy atom. The molecule has 2 unspecified atom stereocenters. The second-order valence-corrected chi connectivity index (χ2v) is 4.25. The Bertz CT molecular complexity index is 149. The predicted molar refractivity (Wildman–Crippen MR) is 56.6 cm³/mol. The molecule has 0 aliphatic heterocycles. The average Bonchev–Trinajstić information content (AvgIpc) is 2.55. The van der Waals surface area contributed by atoms with E-state index in [-0.39, 0.29) is 6.10 Å². The van der Waals surface area contributed by atoms with E-state index in [1.807, 2.05) is 6.92 Å². The molecule has 1 rings (SSSR count). The lowest BCUT2D eigenvalue weighted by Gasteiger charge is -2.07. The van der Waals surface area contributed by atoms with Gasteiger partial charge in [-0.3, -0.25) is 0 Å². The van der Waals surface area contributed by atoms with Crippen molar-refractivity contribution in [2.45, 2.75) is 58.0 Å². The fourth-order valence-corrected chi connectivity index (χ4v) is 1.96. The first-order valence-corrected chi connectivity index (χ1v) is 5.64. The Kier molecular flexibility index (Phi) is 5.14. The molecule has 1 nitrogen and oxygen atoms in total. The van der Waals surface area contributed by atoms with Crippen LogP contribution in [-0.2, 0) is 0 Å². The molecule has 0 aromatic carbocycles. The maximum Gasteiger partial charge on any atom is 0.0512 e. The van der Waals surface area contributed by atoms with Gasteiger partial charge in [0.05, 0.1) is 6.10 Å². The van der Waals surface area contributed by atoms with Gasteiger partial charge in [0.1, 0.15) is 0 Å². The van der Waals surface area contributed by atoms with Crippen LogP contribution in [-0.4, -0.2) is 11.2 Å². The Morgan fingerprint density at radius 1 is 1.38 bits per heavy atom. The molecule has 1 heteroatoms. The molecule has 0 fully saturated rings. The van der Waals surface area contributed by atoms with Crippen molar-refractivity contribution in [3.05, 3.63) is 12.2 Å². The zero-order valence-corrected chi connectivity index (χ0v) is 8.71. The van der Waals surface area contributed by atoms with Crippen molar-refractivity contribution < 1.29 is 5.11 Å². The fraction of sp³-hybridized carbons (Fsp3) is 0.833. The smallest absolute Gasteiger partial charge is 0.0512 e. The summed E-state index contributed by atoms with van der Waals surface area (Å²) in [5.74, 6) is 0.867. The SMILES string of the molecule is CC(O)CCCCCC1C=CCC1. The zero-order valence-electron chi connectivity index (χ0n) is 8.71. The van der Waals surface area contributed by atoms with Crippen molar-refractivity contribution in [3.8, 4) is 0 Å². The summed E-state index contributed by atoms with van der Waals surface area (Å²) in [6.07, 6.45) is 13.4. The molecule has 0 aromatic rings. The Morgan fingerprint density at radius 3 is 2.85 bits per heavy atom. The summed E-state index contributed by atoms with van der Waals surface area (Å²) in [4.78, 5) is 0. The molecule has 0 saturated carbocycles. The van der Waals surface area contributed by atoms with E-state index >= 15 is 0 Å². The summed E-state index contributed by atoms with van der Waals surface area (Å²) in [5.41, 5.74) is 0. The first kappa shape index (κ1) is 10.8. The third-order valence-corrected chi connectivity index (χ3v) is 2.81. The van der Waals surface area contributed by atoms with E-state index in [1.54, 1.807) is 0 Å². The van der Waals surface area contributed by atoms with Gasteiger partial charge >= 0.3 is 0 Å². The summed E-state index contributed by atoms with van der Waals surface area (Å²) < 4.78 is 0. The number of rotatable bonds is 6. The van der Waals surface area contributed by atoms with Gasteiger partial charge in [0.25, 0.3) is 0 Å². The first-order valence-electron chi connectivity index (χ1n) is 5.64. The highest BCUT2D eigenvalue weighted by Gasteiger charge is 2.07. The first-order chi connectivity index (χ1) is 6.29. The predicted octanol–water partition coefficient (Wildman–Crippen LogP) is 3.28. The van der Waals surface area contributed by atoms with Crippen LogP contribution in [0.4, 0.5) is 0 Å². The molecule has 2 atom stereocenters. The normalized spacial score (nSPS) is 23.7. The van der Waals surface area contributed by atoms with Crippen LogP contribution in [0.1, 0.15) is 51.9 Å². The van der Waals surface area contributed by atoms with Crippen LogP contribution in [0.3, 0.4) is 0 Å². The average molecular weight is 182 g/mol. The van der Waals surface area contributed by atoms with Crippen LogP contribution < -0.4 is 0 Å². The Labute approximate surface area is 81.9 Å². The summed E-state index contributed by atoms with van der Waals surface area (Å²) in [6, 6.07) is 0. The van der Waals surface area contributed by atoms with Gasteiger partial charge in [-0.25, -0.2) is 0 Å². The van der Waals surface area contributed by atoms with E-state index in [4.69, 9.17) is 5.11 Å². The molecule has 0 aromatic heterocycles. The minimum absolute atomic E-state index is 0.105. The standard InChI is InChI=1S/C12H22O/c1-11(13)7-3-2-4-8-12-9-5-6-10-12/h5,9,11-13H,2-4,6-8,10H2,1H3. The number of hydrogen-bond donors (Lipinski definition) is 1. The maximum atomic E-state index is 9.05. The highest BCUT2D eigenvalue weighted by atomic mass is 16.3. The lowest BCUT2D eigenvalue weighted by atomic mass is 10.00. The van der Waals surface area contributed by atoms with Gasteiger partial charge in [0.15, 0.2) is 0 Å². The van der Waals surface area contributed by atoms with Crippen LogP contribution in [0.2, 0.25) is 0 Å². The van der Waals surface area contributed by atoms with Gasteiger partial charge in [-0.1, -0.05) is 31.4 Å². The van der Waals surface area contributed by atoms with Crippen molar-refractivity contribution in [1.82, 2.24) is 0 Å². The largest absolute Gasteiger partial charge is 0.393 e. The number of unbranched alkanes of at least 4 members (excludes halogenated alkanes) is 2. The fourth-order valence-electron chi connectivity index (χ4n) is 1.96. The molecule has 76 valence electrons.